The Balaban J connectivity index is 1.87. The van der Waals surface area contributed by atoms with Crippen molar-refractivity contribution in [3.05, 3.63) is 35.5 Å². The number of primary amides is 1. The molecule has 0 spiro atoms. The van der Waals surface area contributed by atoms with Gasteiger partial charge in [0.25, 0.3) is 5.91 Å². The minimum Gasteiger partial charge on any atom is -0.495 e. The molecule has 11 nitrogen and oxygen atoms in total. The molecule has 1 fully saturated rings. The average molecular weight is 472 g/mol. The molecule has 1 atom stereocenters. The van der Waals surface area contributed by atoms with Crippen molar-refractivity contribution in [3.63, 3.8) is 0 Å². The number of carbonyl (C=O) groups is 4. The highest BCUT2D eigenvalue weighted by Gasteiger charge is 2.35. The van der Waals surface area contributed by atoms with E-state index in [2.05, 4.69) is 4.98 Å². The quantitative estimate of drug-likeness (QED) is 0.591. The van der Waals surface area contributed by atoms with Crippen LogP contribution in [0.3, 0.4) is 0 Å². The fourth-order valence-electron chi connectivity index (χ4n) is 4.06. The molecule has 3 amide bonds. The molecule has 0 radical (unpaired) electrons. The van der Waals surface area contributed by atoms with E-state index < -0.39 is 24.0 Å². The highest BCUT2D eigenvalue weighted by Crippen LogP contribution is 2.31. The van der Waals surface area contributed by atoms with Crippen LogP contribution in [0, 0.1) is 0 Å². The Morgan fingerprint density at radius 1 is 1.15 bits per heavy atom. The molecular formula is C23H28N4O7. The molecule has 1 aromatic carbocycles. The van der Waals surface area contributed by atoms with Gasteiger partial charge in [-0.15, -0.1) is 0 Å². The second-order valence-corrected chi connectivity index (χ2v) is 7.69. The molecule has 1 aliphatic rings. The molecule has 1 aliphatic heterocycles. The van der Waals surface area contributed by atoms with Crippen molar-refractivity contribution in [1.29, 1.82) is 0 Å². The minimum absolute atomic E-state index is 0.0471. The first-order valence-corrected chi connectivity index (χ1v) is 10.8. The van der Waals surface area contributed by atoms with E-state index in [-0.39, 0.29) is 62.0 Å². The van der Waals surface area contributed by atoms with E-state index in [1.165, 1.54) is 24.0 Å². The van der Waals surface area contributed by atoms with Crippen LogP contribution < -0.4 is 10.5 Å². The standard InChI is InChI=1S/C23H28N4O7/c1-4-34-23(31)27-10-9-26(13-14(27)11-19(29)32-2)18(28)12-17-20(22(24)30)21(33-3)15-7-5-6-8-16(15)25-17/h5-8,14H,4,9-13H2,1-3H3,(H2,24,30). The summed E-state index contributed by atoms with van der Waals surface area (Å²) in [6, 6.07) is 6.47. The maximum atomic E-state index is 13.2. The Hall–Kier alpha value is -3.89. The zero-order valence-corrected chi connectivity index (χ0v) is 19.4. The lowest BCUT2D eigenvalue weighted by atomic mass is 10.0. The number of hydrogen-bond acceptors (Lipinski definition) is 8. The van der Waals surface area contributed by atoms with Crippen molar-refractivity contribution in [2.45, 2.75) is 25.8 Å². The third-order valence-corrected chi connectivity index (χ3v) is 5.66. The van der Waals surface area contributed by atoms with Crippen molar-refractivity contribution < 1.29 is 33.4 Å². The minimum atomic E-state index is -0.756. The molecule has 182 valence electrons. The Kier molecular flexibility index (Phi) is 7.87. The van der Waals surface area contributed by atoms with Crippen molar-refractivity contribution in [2.24, 2.45) is 5.73 Å². The highest BCUT2D eigenvalue weighted by molar-refractivity contribution is 6.03. The van der Waals surface area contributed by atoms with E-state index in [0.29, 0.717) is 10.9 Å². The number of hydrogen-bond donors (Lipinski definition) is 1. The molecule has 0 bridgehead atoms. The van der Waals surface area contributed by atoms with Gasteiger partial charge in [0.2, 0.25) is 5.91 Å². The topological polar surface area (TPSA) is 141 Å². The highest BCUT2D eigenvalue weighted by atomic mass is 16.6. The molecule has 3 rings (SSSR count). The van der Waals surface area contributed by atoms with Gasteiger partial charge in [-0.25, -0.2) is 4.79 Å². The van der Waals surface area contributed by atoms with E-state index in [4.69, 9.17) is 19.9 Å². The molecule has 2 N–H and O–H groups in total. The molecule has 0 saturated carbocycles. The van der Waals surface area contributed by atoms with E-state index >= 15 is 0 Å². The summed E-state index contributed by atoms with van der Waals surface area (Å²) in [5.74, 6) is -1.33. The van der Waals surface area contributed by atoms with Crippen molar-refractivity contribution >= 4 is 34.8 Å². The predicted molar refractivity (Wildman–Crippen MR) is 121 cm³/mol. The molecule has 0 aliphatic carbocycles. The van der Waals surface area contributed by atoms with Crippen molar-refractivity contribution in [3.8, 4) is 5.75 Å². The van der Waals surface area contributed by atoms with E-state index in [9.17, 15) is 19.2 Å². The molecule has 2 heterocycles. The van der Waals surface area contributed by atoms with Gasteiger partial charge in [-0.1, -0.05) is 12.1 Å². The summed E-state index contributed by atoms with van der Waals surface area (Å²) < 4.78 is 15.3. The fourth-order valence-corrected chi connectivity index (χ4v) is 4.06. The number of amides is 3. The maximum Gasteiger partial charge on any atom is 0.410 e. The van der Waals surface area contributed by atoms with Crippen LogP contribution in [0.15, 0.2) is 24.3 Å². The predicted octanol–water partition coefficient (Wildman–Crippen LogP) is 1.12. The summed E-state index contributed by atoms with van der Waals surface area (Å²) in [5, 5.41) is 0.608. The third-order valence-electron chi connectivity index (χ3n) is 5.66. The summed E-state index contributed by atoms with van der Waals surface area (Å²) in [4.78, 5) is 57.2. The maximum absolute atomic E-state index is 13.2. The van der Waals surface area contributed by atoms with Gasteiger partial charge in [0.1, 0.15) is 11.3 Å². The number of nitrogens with zero attached hydrogens (tertiary/aromatic N) is 3. The second-order valence-electron chi connectivity index (χ2n) is 7.69. The van der Waals surface area contributed by atoms with E-state index in [1.54, 1.807) is 31.2 Å². The van der Waals surface area contributed by atoms with E-state index in [1.807, 2.05) is 0 Å². The number of carbonyl (C=O) groups excluding carboxylic acids is 4. The van der Waals surface area contributed by atoms with E-state index in [0.717, 1.165) is 0 Å². The molecule has 1 aromatic heterocycles. The first-order chi connectivity index (χ1) is 16.3. The lowest BCUT2D eigenvalue weighted by Gasteiger charge is -2.40. The molecule has 1 unspecified atom stereocenters. The van der Waals surface area contributed by atoms with Crippen LogP contribution in [0.1, 0.15) is 29.4 Å². The van der Waals surface area contributed by atoms with Gasteiger partial charge >= 0.3 is 12.1 Å². The van der Waals surface area contributed by atoms with Gasteiger partial charge in [0, 0.05) is 25.0 Å². The zero-order chi connectivity index (χ0) is 24.8. The molecule has 1 saturated heterocycles. The lowest BCUT2D eigenvalue weighted by molar-refractivity contribution is -0.144. The lowest BCUT2D eigenvalue weighted by Crippen LogP contribution is -2.57. The first kappa shape index (κ1) is 24.7. The summed E-state index contributed by atoms with van der Waals surface area (Å²) in [5.41, 5.74) is 6.42. The zero-order valence-electron chi connectivity index (χ0n) is 19.4. The summed E-state index contributed by atoms with van der Waals surface area (Å²) in [6.07, 6.45) is -0.849. The second kappa shape index (κ2) is 10.8. The number of methoxy groups -OCH3 is 2. The van der Waals surface area contributed by atoms with Gasteiger partial charge in [-0.05, 0) is 19.1 Å². The fraction of sp³-hybridized carbons (Fsp3) is 0.435. The number of aromatic nitrogens is 1. The Morgan fingerprint density at radius 2 is 1.88 bits per heavy atom. The number of rotatable bonds is 7. The molecule has 11 heteroatoms. The van der Waals surface area contributed by atoms with Gasteiger partial charge in [-0.3, -0.25) is 19.4 Å². The number of fused-ring (bicyclic) bond motifs is 1. The summed E-state index contributed by atoms with van der Waals surface area (Å²) >= 11 is 0. The first-order valence-electron chi connectivity index (χ1n) is 10.8. The van der Waals surface area contributed by atoms with Gasteiger partial charge in [0.15, 0.2) is 0 Å². The Bertz CT molecular complexity index is 1100. The van der Waals surface area contributed by atoms with Crippen LogP contribution in [0.4, 0.5) is 4.79 Å². The van der Waals surface area contributed by atoms with Crippen LogP contribution in [0.2, 0.25) is 0 Å². The van der Waals surface area contributed by atoms with Gasteiger partial charge in [0.05, 0.1) is 50.9 Å². The summed E-state index contributed by atoms with van der Waals surface area (Å²) in [7, 11) is 2.68. The van der Waals surface area contributed by atoms with Crippen LogP contribution in [0.25, 0.3) is 10.9 Å². The molecular weight excluding hydrogens is 444 g/mol. The largest absolute Gasteiger partial charge is 0.495 e. The van der Waals surface area contributed by atoms with Crippen LogP contribution in [0.5, 0.6) is 5.75 Å². The number of piperazine rings is 1. The molecule has 2 aromatic rings. The normalized spacial score (nSPS) is 15.7. The van der Waals surface area contributed by atoms with Crippen LogP contribution in [-0.4, -0.2) is 85.2 Å². The van der Waals surface area contributed by atoms with Crippen molar-refractivity contribution in [1.82, 2.24) is 14.8 Å². The number of pyridine rings is 1. The van der Waals surface area contributed by atoms with Crippen LogP contribution in [-0.2, 0) is 25.5 Å². The number of ether oxygens (including phenoxy) is 3. The SMILES string of the molecule is CCOC(=O)N1CCN(C(=O)Cc2nc3ccccc3c(OC)c2C(N)=O)CC1CC(=O)OC. The average Bonchev–Trinajstić information content (AvgIpc) is 2.82. The molecule has 34 heavy (non-hydrogen) atoms. The van der Waals surface area contributed by atoms with Gasteiger partial charge in [-0.2, -0.15) is 0 Å². The third kappa shape index (κ3) is 5.19. The number of benzene rings is 1. The van der Waals surface area contributed by atoms with Gasteiger partial charge < -0.3 is 29.7 Å². The van der Waals surface area contributed by atoms with Crippen molar-refractivity contribution in [2.75, 3.05) is 40.5 Å². The monoisotopic (exact) mass is 472 g/mol. The number of para-hydroxylation sites is 1. The van der Waals surface area contributed by atoms with Crippen LogP contribution >= 0.6 is 0 Å². The number of esters is 1. The smallest absolute Gasteiger partial charge is 0.410 e. The number of nitrogens with two attached hydrogens (primary N) is 1. The Morgan fingerprint density at radius 3 is 2.53 bits per heavy atom. The Labute approximate surface area is 196 Å². The summed E-state index contributed by atoms with van der Waals surface area (Å²) in [6.45, 7) is 2.39.